The van der Waals surface area contributed by atoms with Crippen molar-refractivity contribution in [2.75, 3.05) is 19.1 Å². The molecule has 0 saturated carbocycles. The maximum atomic E-state index is 5.79. The molecular formula is C9H13NOS. The summed E-state index contributed by atoms with van der Waals surface area (Å²) in [4.78, 5) is 0. The van der Waals surface area contributed by atoms with Crippen molar-refractivity contribution in [3.8, 4) is 5.75 Å². The van der Waals surface area contributed by atoms with E-state index in [0.29, 0.717) is 0 Å². The second kappa shape index (κ2) is 4.26. The fourth-order valence-electron chi connectivity index (χ4n) is 1.07. The van der Waals surface area contributed by atoms with Crippen molar-refractivity contribution < 1.29 is 4.74 Å². The van der Waals surface area contributed by atoms with Gasteiger partial charge in [-0.25, -0.2) is 0 Å². The second-order valence-electron chi connectivity index (χ2n) is 2.46. The standard InChI is InChI=1S/C9H13NOS/c1-11-9-5-3-4-8(10)7(9)6-12-2/h3-5H,6,10H2,1-2H3. The van der Waals surface area contributed by atoms with Crippen LogP contribution in [0.25, 0.3) is 0 Å². The third-order valence-electron chi connectivity index (χ3n) is 1.68. The van der Waals surface area contributed by atoms with Crippen LogP contribution in [0.5, 0.6) is 5.75 Å². The van der Waals surface area contributed by atoms with Crippen LogP contribution in [0.1, 0.15) is 5.56 Å². The average Bonchev–Trinajstić information content (AvgIpc) is 2.09. The molecule has 0 fully saturated rings. The molecule has 0 saturated heterocycles. The van der Waals surface area contributed by atoms with Gasteiger partial charge in [-0.1, -0.05) is 6.07 Å². The Bertz CT molecular complexity index is 263. The fraction of sp³-hybridized carbons (Fsp3) is 0.333. The molecule has 2 nitrogen and oxygen atoms in total. The summed E-state index contributed by atoms with van der Waals surface area (Å²) in [6.45, 7) is 0. The van der Waals surface area contributed by atoms with Crippen molar-refractivity contribution in [2.24, 2.45) is 0 Å². The van der Waals surface area contributed by atoms with Crippen LogP contribution in [0, 0.1) is 0 Å². The second-order valence-corrected chi connectivity index (χ2v) is 3.33. The van der Waals surface area contributed by atoms with E-state index in [2.05, 4.69) is 0 Å². The van der Waals surface area contributed by atoms with Crippen LogP contribution in [0.3, 0.4) is 0 Å². The number of ether oxygens (including phenoxy) is 1. The largest absolute Gasteiger partial charge is 0.496 e. The van der Waals surface area contributed by atoms with Crippen molar-refractivity contribution in [1.82, 2.24) is 0 Å². The highest BCUT2D eigenvalue weighted by Crippen LogP contribution is 2.27. The van der Waals surface area contributed by atoms with E-state index in [0.717, 1.165) is 22.8 Å². The van der Waals surface area contributed by atoms with Crippen LogP contribution in [0.2, 0.25) is 0 Å². The Balaban J connectivity index is 3.02. The van der Waals surface area contributed by atoms with E-state index in [1.807, 2.05) is 24.5 Å². The number of hydrogen-bond donors (Lipinski definition) is 1. The zero-order chi connectivity index (χ0) is 8.97. The Hall–Kier alpha value is -0.830. The van der Waals surface area contributed by atoms with E-state index in [1.54, 1.807) is 18.9 Å². The maximum Gasteiger partial charge on any atom is 0.124 e. The molecule has 0 spiro atoms. The number of rotatable bonds is 3. The van der Waals surface area contributed by atoms with Gasteiger partial charge in [0.1, 0.15) is 5.75 Å². The molecule has 2 N–H and O–H groups in total. The van der Waals surface area contributed by atoms with Gasteiger partial charge >= 0.3 is 0 Å². The minimum absolute atomic E-state index is 0.809. The molecule has 0 aliphatic rings. The van der Waals surface area contributed by atoms with Crippen molar-refractivity contribution in [1.29, 1.82) is 0 Å². The van der Waals surface area contributed by atoms with Gasteiger partial charge in [0.2, 0.25) is 0 Å². The molecule has 0 atom stereocenters. The van der Waals surface area contributed by atoms with Gasteiger partial charge < -0.3 is 10.5 Å². The number of nitrogens with two attached hydrogens (primary N) is 1. The lowest BCUT2D eigenvalue weighted by atomic mass is 10.2. The van der Waals surface area contributed by atoms with E-state index in [4.69, 9.17) is 10.5 Å². The Morgan fingerprint density at radius 2 is 2.25 bits per heavy atom. The van der Waals surface area contributed by atoms with Crippen molar-refractivity contribution in [3.63, 3.8) is 0 Å². The smallest absolute Gasteiger partial charge is 0.124 e. The van der Waals surface area contributed by atoms with Gasteiger partial charge in [0.05, 0.1) is 7.11 Å². The maximum absolute atomic E-state index is 5.79. The van der Waals surface area contributed by atoms with E-state index >= 15 is 0 Å². The minimum atomic E-state index is 0.809. The van der Waals surface area contributed by atoms with Crippen molar-refractivity contribution >= 4 is 17.4 Å². The first kappa shape index (κ1) is 9.26. The lowest BCUT2D eigenvalue weighted by molar-refractivity contribution is 0.411. The zero-order valence-electron chi connectivity index (χ0n) is 7.33. The van der Waals surface area contributed by atoms with Gasteiger partial charge in [-0.15, -0.1) is 0 Å². The van der Waals surface area contributed by atoms with Gasteiger partial charge in [-0.05, 0) is 18.4 Å². The Morgan fingerprint density at radius 1 is 1.50 bits per heavy atom. The van der Waals surface area contributed by atoms with Crippen LogP contribution in [0.15, 0.2) is 18.2 Å². The summed E-state index contributed by atoms with van der Waals surface area (Å²) in [5, 5.41) is 0. The molecule has 0 aromatic heterocycles. The number of nitrogen functional groups attached to an aromatic ring is 1. The van der Waals surface area contributed by atoms with Crippen LogP contribution in [0.4, 0.5) is 5.69 Å². The van der Waals surface area contributed by atoms with Gasteiger partial charge in [0, 0.05) is 17.0 Å². The molecule has 0 aliphatic heterocycles. The van der Waals surface area contributed by atoms with E-state index in [9.17, 15) is 0 Å². The lowest BCUT2D eigenvalue weighted by Gasteiger charge is -2.09. The SMILES string of the molecule is COc1cccc(N)c1CSC. The summed E-state index contributed by atoms with van der Waals surface area (Å²) in [6.07, 6.45) is 2.05. The summed E-state index contributed by atoms with van der Waals surface area (Å²) in [5.41, 5.74) is 7.69. The molecule has 0 amide bonds. The number of benzene rings is 1. The predicted molar refractivity (Wildman–Crippen MR) is 54.6 cm³/mol. The molecule has 1 aromatic carbocycles. The monoisotopic (exact) mass is 183 g/mol. The third-order valence-corrected chi connectivity index (χ3v) is 2.26. The van der Waals surface area contributed by atoms with Crippen LogP contribution < -0.4 is 10.5 Å². The quantitative estimate of drug-likeness (QED) is 0.729. The number of thioether (sulfide) groups is 1. The molecule has 12 heavy (non-hydrogen) atoms. The average molecular weight is 183 g/mol. The third kappa shape index (κ3) is 1.85. The Labute approximate surface area is 77.1 Å². The van der Waals surface area contributed by atoms with Crippen LogP contribution in [-0.2, 0) is 5.75 Å². The van der Waals surface area contributed by atoms with Crippen LogP contribution >= 0.6 is 11.8 Å². The minimum Gasteiger partial charge on any atom is -0.496 e. The predicted octanol–water partition coefficient (Wildman–Crippen LogP) is 2.14. The first-order valence-electron chi connectivity index (χ1n) is 3.70. The van der Waals surface area contributed by atoms with Gasteiger partial charge in [0.15, 0.2) is 0 Å². The highest BCUT2D eigenvalue weighted by molar-refractivity contribution is 7.97. The molecule has 1 aromatic rings. The van der Waals surface area contributed by atoms with Gasteiger partial charge in [-0.3, -0.25) is 0 Å². The number of methoxy groups -OCH3 is 1. The summed E-state index contributed by atoms with van der Waals surface area (Å²) in [6, 6.07) is 5.73. The van der Waals surface area contributed by atoms with Crippen molar-refractivity contribution in [3.05, 3.63) is 23.8 Å². The highest BCUT2D eigenvalue weighted by atomic mass is 32.2. The molecule has 66 valence electrons. The zero-order valence-corrected chi connectivity index (χ0v) is 8.15. The van der Waals surface area contributed by atoms with Gasteiger partial charge in [-0.2, -0.15) is 11.8 Å². The molecule has 0 unspecified atom stereocenters. The summed E-state index contributed by atoms with van der Waals surface area (Å²) < 4.78 is 5.19. The fourth-order valence-corrected chi connectivity index (χ4v) is 1.67. The van der Waals surface area contributed by atoms with Crippen molar-refractivity contribution in [2.45, 2.75) is 5.75 Å². The summed E-state index contributed by atoms with van der Waals surface area (Å²) in [5.74, 6) is 1.78. The molecule has 0 heterocycles. The van der Waals surface area contributed by atoms with Crippen LogP contribution in [-0.4, -0.2) is 13.4 Å². The Kier molecular flexibility index (Phi) is 3.29. The summed E-state index contributed by atoms with van der Waals surface area (Å²) in [7, 11) is 1.67. The van der Waals surface area contributed by atoms with E-state index < -0.39 is 0 Å². The van der Waals surface area contributed by atoms with E-state index in [-0.39, 0.29) is 0 Å². The molecule has 1 rings (SSSR count). The summed E-state index contributed by atoms with van der Waals surface area (Å²) >= 11 is 1.74. The first-order chi connectivity index (χ1) is 5.79. The topological polar surface area (TPSA) is 35.2 Å². The highest BCUT2D eigenvalue weighted by Gasteiger charge is 2.04. The molecule has 0 radical (unpaired) electrons. The number of anilines is 1. The molecule has 0 bridgehead atoms. The molecule has 0 aliphatic carbocycles. The number of hydrogen-bond acceptors (Lipinski definition) is 3. The molecular weight excluding hydrogens is 170 g/mol. The van der Waals surface area contributed by atoms with E-state index in [1.165, 1.54) is 0 Å². The first-order valence-corrected chi connectivity index (χ1v) is 5.09. The molecule has 3 heteroatoms. The lowest BCUT2D eigenvalue weighted by Crippen LogP contribution is -1.96. The Morgan fingerprint density at radius 3 is 2.83 bits per heavy atom. The normalized spacial score (nSPS) is 9.83. The van der Waals surface area contributed by atoms with Gasteiger partial charge in [0.25, 0.3) is 0 Å².